The molecule has 148 valence electrons. The Labute approximate surface area is 157 Å². The zero-order valence-electron chi connectivity index (χ0n) is 16.3. The Kier molecular flexibility index (Phi) is 6.02. The van der Waals surface area contributed by atoms with E-state index in [0.29, 0.717) is 18.7 Å². The molecule has 2 heterocycles. The number of rotatable bonds is 7. The van der Waals surface area contributed by atoms with E-state index in [1.54, 1.807) is 0 Å². The van der Waals surface area contributed by atoms with Crippen LogP contribution < -0.4 is 10.6 Å². The molecular formula is C18H26FN5O3. The minimum Gasteiger partial charge on any atom is -0.448 e. The first-order valence-corrected chi connectivity index (χ1v) is 8.87. The third-order valence-electron chi connectivity index (χ3n) is 4.54. The maximum absolute atomic E-state index is 13.4. The molecule has 0 radical (unpaired) electrons. The van der Waals surface area contributed by atoms with Gasteiger partial charge in [-0.25, -0.2) is 4.98 Å². The number of oxazole rings is 1. The average molecular weight is 379 g/mol. The largest absolute Gasteiger partial charge is 0.448 e. The summed E-state index contributed by atoms with van der Waals surface area (Å²) in [5.41, 5.74) is -1.01. The van der Waals surface area contributed by atoms with E-state index in [1.165, 1.54) is 6.26 Å². The van der Waals surface area contributed by atoms with E-state index >= 15 is 0 Å². The Morgan fingerprint density at radius 3 is 2.37 bits per heavy atom. The van der Waals surface area contributed by atoms with Crippen molar-refractivity contribution >= 4 is 11.8 Å². The van der Waals surface area contributed by atoms with Crippen molar-refractivity contribution in [1.29, 1.82) is 0 Å². The first-order valence-electron chi connectivity index (χ1n) is 8.87. The van der Waals surface area contributed by atoms with Crippen LogP contribution in [-0.4, -0.2) is 39.1 Å². The quantitative estimate of drug-likeness (QED) is 0.684. The third kappa shape index (κ3) is 4.72. The molecule has 2 rings (SSSR count). The number of hydrogen-bond acceptors (Lipinski definition) is 5. The van der Waals surface area contributed by atoms with Gasteiger partial charge < -0.3 is 15.1 Å². The van der Waals surface area contributed by atoms with Gasteiger partial charge in [-0.2, -0.15) is 9.49 Å². The molecule has 0 unspecified atom stereocenters. The first-order chi connectivity index (χ1) is 12.6. The summed E-state index contributed by atoms with van der Waals surface area (Å²) in [5, 5.41) is 11.2. The molecule has 3 N–H and O–H groups in total. The fourth-order valence-electron chi connectivity index (χ4n) is 2.52. The van der Waals surface area contributed by atoms with Gasteiger partial charge in [-0.15, -0.1) is 0 Å². The predicted octanol–water partition coefficient (Wildman–Crippen LogP) is 2.55. The molecule has 0 aromatic carbocycles. The van der Waals surface area contributed by atoms with Crippen LogP contribution in [0.2, 0.25) is 0 Å². The average Bonchev–Trinajstić information content (AvgIpc) is 3.27. The number of H-pyrrole nitrogens is 1. The summed E-state index contributed by atoms with van der Waals surface area (Å²) >= 11 is 0. The van der Waals surface area contributed by atoms with E-state index < -0.39 is 17.4 Å². The summed E-state index contributed by atoms with van der Waals surface area (Å²) in [7, 11) is 0. The van der Waals surface area contributed by atoms with Crippen molar-refractivity contribution < 1.29 is 18.4 Å². The maximum Gasteiger partial charge on any atom is 0.273 e. The van der Waals surface area contributed by atoms with Gasteiger partial charge >= 0.3 is 0 Å². The highest BCUT2D eigenvalue weighted by molar-refractivity contribution is 5.94. The van der Waals surface area contributed by atoms with Crippen LogP contribution in [0.5, 0.6) is 0 Å². The van der Waals surface area contributed by atoms with E-state index in [4.69, 9.17) is 4.42 Å². The highest BCUT2D eigenvalue weighted by atomic mass is 19.1. The summed E-state index contributed by atoms with van der Waals surface area (Å²) in [6, 6.07) is 0. The minimum absolute atomic E-state index is 0.138. The van der Waals surface area contributed by atoms with Crippen molar-refractivity contribution in [3.8, 4) is 0 Å². The normalized spacial score (nSPS) is 12.1. The van der Waals surface area contributed by atoms with E-state index in [0.717, 1.165) is 6.20 Å². The van der Waals surface area contributed by atoms with Crippen molar-refractivity contribution in [2.45, 2.75) is 58.4 Å². The highest BCUT2D eigenvalue weighted by Gasteiger charge is 2.31. The van der Waals surface area contributed by atoms with E-state index in [9.17, 15) is 14.0 Å². The van der Waals surface area contributed by atoms with E-state index in [1.807, 2.05) is 34.6 Å². The molecule has 8 nitrogen and oxygen atoms in total. The molecule has 0 saturated heterocycles. The number of amides is 2. The SMILES string of the molecule is CCC(CC)(CNC(=O)c1cn[nH]c1F)NC(=O)c1coc(C(C)(C)C)n1. The van der Waals surface area contributed by atoms with Gasteiger partial charge in [0.2, 0.25) is 5.95 Å². The Morgan fingerprint density at radius 2 is 1.89 bits per heavy atom. The molecule has 0 spiro atoms. The number of aromatic amines is 1. The Morgan fingerprint density at radius 1 is 1.22 bits per heavy atom. The molecule has 0 aliphatic rings. The summed E-state index contributed by atoms with van der Waals surface area (Å²) in [6.45, 7) is 9.75. The summed E-state index contributed by atoms with van der Waals surface area (Å²) in [6.07, 6.45) is 3.57. The number of aromatic nitrogens is 3. The molecule has 0 aliphatic heterocycles. The van der Waals surface area contributed by atoms with Crippen molar-refractivity contribution in [1.82, 2.24) is 25.8 Å². The van der Waals surface area contributed by atoms with Crippen molar-refractivity contribution in [3.63, 3.8) is 0 Å². The standard InChI is InChI=1S/C18H26FN5O3/c1-6-18(7-2,10-20-14(25)11-8-21-24-13(11)19)23-15(26)12-9-27-16(22-12)17(3,4)5/h8-9H,6-7,10H2,1-5H3,(H,20,25)(H,21,24)(H,23,26). The zero-order valence-corrected chi connectivity index (χ0v) is 16.3. The van der Waals surface area contributed by atoms with Crippen LogP contribution in [0.3, 0.4) is 0 Å². The Bertz CT molecular complexity index is 802. The second-order valence-electron chi connectivity index (χ2n) is 7.51. The molecule has 2 amide bonds. The molecule has 0 fully saturated rings. The fraction of sp³-hybridized carbons (Fsp3) is 0.556. The lowest BCUT2D eigenvalue weighted by Crippen LogP contribution is -2.55. The lowest BCUT2D eigenvalue weighted by atomic mass is 9.92. The molecule has 9 heteroatoms. The first kappa shape index (κ1) is 20.6. The Balaban J connectivity index is 2.09. The second kappa shape index (κ2) is 7.89. The molecular weight excluding hydrogens is 353 g/mol. The Hall–Kier alpha value is -2.71. The summed E-state index contributed by atoms with van der Waals surface area (Å²) in [4.78, 5) is 29.0. The number of nitrogens with one attached hydrogen (secondary N) is 3. The van der Waals surface area contributed by atoms with Gasteiger partial charge in [0, 0.05) is 12.0 Å². The number of carbonyl (C=O) groups excluding carboxylic acids is 2. The van der Waals surface area contributed by atoms with Crippen molar-refractivity contribution in [2.75, 3.05) is 6.54 Å². The minimum atomic E-state index is -0.799. The second-order valence-corrected chi connectivity index (χ2v) is 7.51. The number of carbonyl (C=O) groups is 2. The summed E-state index contributed by atoms with van der Waals surface area (Å²) < 4.78 is 18.8. The topological polar surface area (TPSA) is 113 Å². The van der Waals surface area contributed by atoms with Gasteiger partial charge in [0.1, 0.15) is 11.8 Å². The van der Waals surface area contributed by atoms with Gasteiger partial charge in [0.25, 0.3) is 11.8 Å². The lowest BCUT2D eigenvalue weighted by molar-refractivity contribution is 0.0852. The van der Waals surface area contributed by atoms with E-state index in [-0.39, 0.29) is 29.1 Å². The molecule has 0 aliphatic carbocycles. The van der Waals surface area contributed by atoms with Crippen LogP contribution in [0.4, 0.5) is 4.39 Å². The van der Waals surface area contributed by atoms with Gasteiger partial charge in [-0.3, -0.25) is 14.7 Å². The molecule has 27 heavy (non-hydrogen) atoms. The van der Waals surface area contributed by atoms with Crippen molar-refractivity contribution in [3.05, 3.63) is 35.6 Å². The van der Waals surface area contributed by atoms with Crippen LogP contribution >= 0.6 is 0 Å². The number of nitrogens with zero attached hydrogens (tertiary/aromatic N) is 2. The zero-order chi connectivity index (χ0) is 20.2. The highest BCUT2D eigenvalue weighted by Crippen LogP contribution is 2.22. The smallest absolute Gasteiger partial charge is 0.273 e. The molecule has 2 aromatic heterocycles. The maximum atomic E-state index is 13.4. The van der Waals surface area contributed by atoms with Crippen LogP contribution in [0.25, 0.3) is 0 Å². The van der Waals surface area contributed by atoms with E-state index in [2.05, 4.69) is 25.8 Å². The molecule has 0 saturated carbocycles. The monoisotopic (exact) mass is 379 g/mol. The fourth-order valence-corrected chi connectivity index (χ4v) is 2.52. The molecule has 2 aromatic rings. The predicted molar refractivity (Wildman–Crippen MR) is 96.9 cm³/mol. The third-order valence-corrected chi connectivity index (χ3v) is 4.54. The molecule has 0 bridgehead atoms. The van der Waals surface area contributed by atoms with Gasteiger partial charge in [0.05, 0.1) is 11.7 Å². The van der Waals surface area contributed by atoms with Gasteiger partial charge in [0.15, 0.2) is 11.6 Å². The van der Waals surface area contributed by atoms with Gasteiger partial charge in [-0.05, 0) is 12.8 Å². The van der Waals surface area contributed by atoms with Crippen molar-refractivity contribution in [2.24, 2.45) is 0 Å². The van der Waals surface area contributed by atoms with Crippen LogP contribution in [0, 0.1) is 5.95 Å². The van der Waals surface area contributed by atoms with Crippen LogP contribution in [-0.2, 0) is 5.41 Å². The number of halogens is 1. The van der Waals surface area contributed by atoms with Crippen LogP contribution in [0.15, 0.2) is 16.9 Å². The molecule has 0 atom stereocenters. The number of hydrogen-bond donors (Lipinski definition) is 3. The summed E-state index contributed by atoms with van der Waals surface area (Å²) in [5.74, 6) is -1.32. The lowest BCUT2D eigenvalue weighted by Gasteiger charge is -2.32. The van der Waals surface area contributed by atoms with Crippen LogP contribution in [0.1, 0.15) is 74.2 Å². The van der Waals surface area contributed by atoms with Gasteiger partial charge in [-0.1, -0.05) is 34.6 Å².